The normalized spacial score (nSPS) is 13.7. The minimum atomic E-state index is -3.10. The smallest absolute Gasteiger partial charge is 0.387 e. The number of benzene rings is 2. The molecule has 3 N–H and O–H groups in total. The number of nitrogens with two attached hydrogens (primary N) is 1. The van der Waals surface area contributed by atoms with Crippen LogP contribution in [0.5, 0.6) is 11.5 Å². The lowest BCUT2D eigenvalue weighted by molar-refractivity contribution is -0.119. The molecule has 0 saturated carbocycles. The standard InChI is InChI=1S/C22H21F2N3O6/c1-3-32-17-9-12(7-8-16(17)33-22(23)24)15(10-18(25)29)27-20(30)13-5-4-6-14(26-11(2)28)19(13)21(27)31/h4-9,15,22H,3,10H2,1-2H3,(H2,25,29)(H,26,28). The zero-order valence-corrected chi connectivity index (χ0v) is 17.8. The molecule has 3 rings (SSSR count). The zero-order valence-electron chi connectivity index (χ0n) is 17.8. The summed E-state index contributed by atoms with van der Waals surface area (Å²) in [5, 5.41) is 2.51. The molecule has 0 aromatic heterocycles. The Balaban J connectivity index is 2.08. The number of rotatable bonds is 9. The molecule has 0 saturated heterocycles. The Bertz CT molecular complexity index is 1120. The van der Waals surface area contributed by atoms with Crippen LogP contribution in [0.15, 0.2) is 36.4 Å². The summed E-state index contributed by atoms with van der Waals surface area (Å²) in [5.74, 6) is -2.98. The van der Waals surface area contributed by atoms with Crippen molar-refractivity contribution < 1.29 is 37.4 Å². The second kappa shape index (κ2) is 9.63. The summed E-state index contributed by atoms with van der Waals surface area (Å²) < 4.78 is 35.3. The van der Waals surface area contributed by atoms with Crippen molar-refractivity contribution in [3.63, 3.8) is 0 Å². The van der Waals surface area contributed by atoms with Crippen molar-refractivity contribution in [3.05, 3.63) is 53.1 Å². The van der Waals surface area contributed by atoms with E-state index in [1.54, 1.807) is 6.92 Å². The van der Waals surface area contributed by atoms with E-state index in [0.717, 1.165) is 4.90 Å². The highest BCUT2D eigenvalue weighted by Gasteiger charge is 2.43. The maximum atomic E-state index is 13.3. The van der Waals surface area contributed by atoms with Crippen molar-refractivity contribution >= 4 is 29.3 Å². The predicted octanol–water partition coefficient (Wildman–Crippen LogP) is 2.86. The highest BCUT2D eigenvalue weighted by atomic mass is 19.3. The average Bonchev–Trinajstić information content (AvgIpc) is 2.98. The molecule has 33 heavy (non-hydrogen) atoms. The molecule has 0 radical (unpaired) electrons. The molecule has 1 aliphatic heterocycles. The van der Waals surface area contributed by atoms with Gasteiger partial charge < -0.3 is 20.5 Å². The van der Waals surface area contributed by atoms with Crippen molar-refractivity contribution in [1.29, 1.82) is 0 Å². The van der Waals surface area contributed by atoms with Crippen LogP contribution < -0.4 is 20.5 Å². The van der Waals surface area contributed by atoms with E-state index in [4.69, 9.17) is 10.5 Å². The van der Waals surface area contributed by atoms with Gasteiger partial charge in [0.2, 0.25) is 11.8 Å². The number of fused-ring (bicyclic) bond motifs is 1. The third kappa shape index (κ3) is 4.92. The van der Waals surface area contributed by atoms with Gasteiger partial charge in [-0.15, -0.1) is 0 Å². The van der Waals surface area contributed by atoms with Gasteiger partial charge in [0.1, 0.15) is 0 Å². The van der Waals surface area contributed by atoms with Crippen molar-refractivity contribution in [2.24, 2.45) is 5.73 Å². The van der Waals surface area contributed by atoms with Crippen LogP contribution in [-0.2, 0) is 9.59 Å². The lowest BCUT2D eigenvalue weighted by atomic mass is 10.0. The largest absolute Gasteiger partial charge is 0.490 e. The van der Waals surface area contributed by atoms with Gasteiger partial charge in [-0.05, 0) is 36.8 Å². The van der Waals surface area contributed by atoms with Crippen LogP contribution in [0.3, 0.4) is 0 Å². The number of nitrogens with one attached hydrogen (secondary N) is 1. The maximum absolute atomic E-state index is 13.3. The maximum Gasteiger partial charge on any atom is 0.387 e. The first-order valence-electron chi connectivity index (χ1n) is 9.92. The summed E-state index contributed by atoms with van der Waals surface area (Å²) in [7, 11) is 0. The zero-order chi connectivity index (χ0) is 24.3. The third-order valence-electron chi connectivity index (χ3n) is 4.83. The molecule has 174 valence electrons. The van der Waals surface area contributed by atoms with E-state index in [9.17, 15) is 28.0 Å². The molecular weight excluding hydrogens is 440 g/mol. The molecule has 1 heterocycles. The van der Waals surface area contributed by atoms with Gasteiger partial charge in [0, 0.05) is 6.92 Å². The number of nitrogens with zero attached hydrogens (tertiary/aromatic N) is 1. The number of carbonyl (C=O) groups excluding carboxylic acids is 4. The van der Waals surface area contributed by atoms with E-state index in [2.05, 4.69) is 10.1 Å². The quantitative estimate of drug-likeness (QED) is 0.553. The number of ether oxygens (including phenoxy) is 2. The van der Waals surface area contributed by atoms with Gasteiger partial charge in [-0.1, -0.05) is 12.1 Å². The summed E-state index contributed by atoms with van der Waals surface area (Å²) in [5.41, 5.74) is 5.80. The molecule has 11 heteroatoms. The van der Waals surface area contributed by atoms with E-state index >= 15 is 0 Å². The van der Waals surface area contributed by atoms with Crippen LogP contribution in [-0.4, -0.2) is 41.7 Å². The summed E-state index contributed by atoms with van der Waals surface area (Å²) in [6.45, 7) is -0.0867. The fourth-order valence-electron chi connectivity index (χ4n) is 3.62. The highest BCUT2D eigenvalue weighted by molar-refractivity contribution is 6.24. The molecule has 1 aliphatic rings. The first-order valence-corrected chi connectivity index (χ1v) is 9.92. The molecule has 0 aliphatic carbocycles. The summed E-state index contributed by atoms with van der Waals surface area (Å²) in [6.07, 6.45) is -0.429. The minimum absolute atomic E-state index is 0.0187. The Morgan fingerprint density at radius 1 is 1.12 bits per heavy atom. The highest BCUT2D eigenvalue weighted by Crippen LogP contribution is 2.39. The van der Waals surface area contributed by atoms with Gasteiger partial charge in [0.25, 0.3) is 11.8 Å². The lowest BCUT2D eigenvalue weighted by Gasteiger charge is -2.26. The number of imide groups is 1. The minimum Gasteiger partial charge on any atom is -0.490 e. The molecule has 1 atom stereocenters. The monoisotopic (exact) mass is 461 g/mol. The van der Waals surface area contributed by atoms with Crippen LogP contribution in [0.4, 0.5) is 14.5 Å². The third-order valence-corrected chi connectivity index (χ3v) is 4.83. The van der Waals surface area contributed by atoms with Gasteiger partial charge >= 0.3 is 6.61 Å². The Kier molecular flexibility index (Phi) is 6.90. The van der Waals surface area contributed by atoms with E-state index in [1.165, 1.54) is 43.3 Å². The van der Waals surface area contributed by atoms with E-state index in [-0.39, 0.29) is 40.5 Å². The summed E-state index contributed by atoms with van der Waals surface area (Å²) >= 11 is 0. The van der Waals surface area contributed by atoms with Crippen molar-refractivity contribution in [2.75, 3.05) is 11.9 Å². The molecule has 9 nitrogen and oxygen atoms in total. The van der Waals surface area contributed by atoms with Crippen LogP contribution in [0, 0.1) is 0 Å². The average molecular weight is 461 g/mol. The van der Waals surface area contributed by atoms with Crippen LogP contribution in [0.2, 0.25) is 0 Å². The molecular formula is C22H21F2N3O6. The lowest BCUT2D eigenvalue weighted by Crippen LogP contribution is -2.36. The number of halogens is 2. The number of primary amides is 1. The SMILES string of the molecule is CCOc1cc(C(CC(N)=O)N2C(=O)c3cccc(NC(C)=O)c3C2=O)ccc1OC(F)F. The molecule has 0 spiro atoms. The molecule has 4 amide bonds. The molecule has 1 unspecified atom stereocenters. The first kappa shape index (κ1) is 23.6. The number of hydrogen-bond acceptors (Lipinski definition) is 6. The fourth-order valence-corrected chi connectivity index (χ4v) is 3.62. The molecule has 0 bridgehead atoms. The van der Waals surface area contributed by atoms with Crippen molar-refractivity contribution in [2.45, 2.75) is 32.9 Å². The second-order valence-corrected chi connectivity index (χ2v) is 7.09. The number of hydrogen-bond donors (Lipinski definition) is 2. The van der Waals surface area contributed by atoms with Crippen molar-refractivity contribution in [3.8, 4) is 11.5 Å². The summed E-state index contributed by atoms with van der Waals surface area (Å²) in [4.78, 5) is 50.6. The van der Waals surface area contributed by atoms with Gasteiger partial charge in [-0.25, -0.2) is 0 Å². The second-order valence-electron chi connectivity index (χ2n) is 7.09. The topological polar surface area (TPSA) is 128 Å². The van der Waals surface area contributed by atoms with Gasteiger partial charge in [0.05, 0.1) is 35.9 Å². The Labute approximate surface area is 187 Å². The Morgan fingerprint density at radius 3 is 2.45 bits per heavy atom. The predicted molar refractivity (Wildman–Crippen MR) is 112 cm³/mol. The fraction of sp³-hybridized carbons (Fsp3) is 0.273. The van der Waals surface area contributed by atoms with Crippen molar-refractivity contribution in [1.82, 2.24) is 4.90 Å². The number of amides is 4. The van der Waals surface area contributed by atoms with Crippen LogP contribution in [0.1, 0.15) is 52.6 Å². The Morgan fingerprint density at radius 2 is 1.85 bits per heavy atom. The van der Waals surface area contributed by atoms with Gasteiger partial charge in [-0.3, -0.25) is 24.1 Å². The van der Waals surface area contributed by atoms with E-state index < -0.39 is 42.7 Å². The number of alkyl halides is 2. The number of anilines is 1. The molecule has 2 aromatic carbocycles. The van der Waals surface area contributed by atoms with Gasteiger partial charge in [0.15, 0.2) is 11.5 Å². The van der Waals surface area contributed by atoms with E-state index in [1.807, 2.05) is 0 Å². The van der Waals surface area contributed by atoms with Gasteiger partial charge in [-0.2, -0.15) is 8.78 Å². The van der Waals surface area contributed by atoms with E-state index in [0.29, 0.717) is 0 Å². The molecule has 0 fully saturated rings. The van der Waals surface area contributed by atoms with Crippen LogP contribution >= 0.6 is 0 Å². The number of carbonyl (C=O) groups is 4. The van der Waals surface area contributed by atoms with Crippen LogP contribution in [0.25, 0.3) is 0 Å². The summed E-state index contributed by atoms with van der Waals surface area (Å²) in [6, 6.07) is 7.10. The molecule has 2 aromatic rings. The first-order chi connectivity index (χ1) is 15.6. The Hall–Kier alpha value is -4.02.